The van der Waals surface area contributed by atoms with Crippen LogP contribution in [0.3, 0.4) is 0 Å². The molecule has 0 aliphatic carbocycles. The molecule has 1 atom stereocenters. The molecule has 0 aliphatic heterocycles. The van der Waals surface area contributed by atoms with E-state index < -0.39 is 0 Å². The second kappa shape index (κ2) is 8.99. The van der Waals surface area contributed by atoms with Gasteiger partial charge in [0.05, 0.1) is 20.3 Å². The lowest BCUT2D eigenvalue weighted by Gasteiger charge is -2.17. The normalized spacial score (nSPS) is 11.4. The van der Waals surface area contributed by atoms with Crippen LogP contribution in [-0.4, -0.2) is 27.0 Å². The van der Waals surface area contributed by atoms with E-state index in [4.69, 9.17) is 14.2 Å². The van der Waals surface area contributed by atoms with Gasteiger partial charge in [0, 0.05) is 0 Å². The largest absolute Gasteiger partial charge is 0.493 e. The maximum absolute atomic E-state index is 12.1. The van der Waals surface area contributed by atoms with Crippen molar-refractivity contribution in [3.8, 4) is 17.2 Å². The van der Waals surface area contributed by atoms with Crippen molar-refractivity contribution in [2.75, 3.05) is 21.0 Å². The molecule has 0 fully saturated rings. The van der Waals surface area contributed by atoms with Crippen molar-refractivity contribution in [3.05, 3.63) is 53.1 Å². The topological polar surface area (TPSA) is 68.8 Å². The highest BCUT2D eigenvalue weighted by Gasteiger charge is 2.12. The van der Waals surface area contributed by atoms with Crippen molar-refractivity contribution < 1.29 is 19.0 Å². The van der Waals surface area contributed by atoms with Crippen LogP contribution in [0.5, 0.6) is 17.2 Å². The zero-order valence-electron chi connectivity index (χ0n) is 15.9. The summed E-state index contributed by atoms with van der Waals surface area (Å²) in [7, 11) is 3.17. The molecule has 0 saturated heterocycles. The number of methoxy groups -OCH3 is 2. The quantitative estimate of drug-likeness (QED) is 0.740. The number of hydrogen-bond acceptors (Lipinski definition) is 4. The van der Waals surface area contributed by atoms with Crippen molar-refractivity contribution in [1.82, 2.24) is 10.6 Å². The van der Waals surface area contributed by atoms with Crippen molar-refractivity contribution in [2.45, 2.75) is 26.8 Å². The maximum Gasteiger partial charge on any atom is 0.317 e. The number of rotatable bonds is 7. The van der Waals surface area contributed by atoms with E-state index >= 15 is 0 Å². The molecule has 0 aromatic heterocycles. The molecule has 2 aromatic carbocycles. The molecular formula is C20H26N2O4. The lowest BCUT2D eigenvalue weighted by molar-refractivity contribution is 0.221. The third-order valence-electron chi connectivity index (χ3n) is 4.21. The van der Waals surface area contributed by atoms with E-state index in [0.29, 0.717) is 11.5 Å². The molecule has 2 amide bonds. The van der Waals surface area contributed by atoms with Crippen LogP contribution in [0.2, 0.25) is 0 Å². The summed E-state index contributed by atoms with van der Waals surface area (Å²) in [6, 6.07) is 10.9. The van der Waals surface area contributed by atoms with Gasteiger partial charge in [0.2, 0.25) is 0 Å². The maximum atomic E-state index is 12.1. The number of aryl methyl sites for hydroxylation is 2. The Labute approximate surface area is 154 Å². The van der Waals surface area contributed by atoms with Gasteiger partial charge in [-0.1, -0.05) is 12.1 Å². The molecule has 2 aromatic rings. The van der Waals surface area contributed by atoms with Gasteiger partial charge < -0.3 is 24.8 Å². The summed E-state index contributed by atoms with van der Waals surface area (Å²) in [5.74, 6) is 1.99. The molecule has 2 rings (SSSR count). The average Bonchev–Trinajstić information content (AvgIpc) is 2.63. The molecule has 140 valence electrons. The third kappa shape index (κ3) is 5.05. The monoisotopic (exact) mass is 358 g/mol. The Morgan fingerprint density at radius 2 is 1.73 bits per heavy atom. The van der Waals surface area contributed by atoms with Gasteiger partial charge in [0.15, 0.2) is 18.2 Å². The first-order valence-electron chi connectivity index (χ1n) is 8.41. The Morgan fingerprint density at radius 3 is 2.38 bits per heavy atom. The highest BCUT2D eigenvalue weighted by Crippen LogP contribution is 2.29. The van der Waals surface area contributed by atoms with Gasteiger partial charge in [0.1, 0.15) is 5.75 Å². The van der Waals surface area contributed by atoms with E-state index in [2.05, 4.69) is 10.6 Å². The fourth-order valence-corrected chi connectivity index (χ4v) is 2.44. The number of ether oxygens (including phenoxy) is 3. The van der Waals surface area contributed by atoms with Crippen LogP contribution in [0.25, 0.3) is 0 Å². The van der Waals surface area contributed by atoms with Crippen LogP contribution in [0.1, 0.15) is 29.7 Å². The molecule has 6 heteroatoms. The number of urea groups is 1. The molecule has 0 heterocycles. The Balaban J connectivity index is 1.86. The Bertz CT molecular complexity index is 761. The fraction of sp³-hybridized carbons (Fsp3) is 0.350. The first-order chi connectivity index (χ1) is 12.4. The van der Waals surface area contributed by atoms with Crippen LogP contribution in [0.15, 0.2) is 36.4 Å². The molecule has 0 spiro atoms. The summed E-state index contributed by atoms with van der Waals surface area (Å²) in [4.78, 5) is 12.1. The molecule has 2 N–H and O–H groups in total. The standard InChI is InChI=1S/C20H26N2O4/c1-13-6-8-17(10-14(13)2)26-12-21-20(23)22-15(3)16-7-9-18(24-4)19(11-16)25-5/h6-11,15H,12H2,1-5H3,(H2,21,22,23). The summed E-state index contributed by atoms with van der Waals surface area (Å²) in [6.45, 7) is 6.05. The van der Waals surface area contributed by atoms with Gasteiger partial charge in [-0.25, -0.2) is 4.79 Å². The summed E-state index contributed by atoms with van der Waals surface area (Å²) in [6.07, 6.45) is 0. The van der Waals surface area contributed by atoms with Crippen molar-refractivity contribution >= 4 is 6.03 Å². The lowest BCUT2D eigenvalue weighted by Crippen LogP contribution is -2.38. The van der Waals surface area contributed by atoms with Crippen LogP contribution >= 0.6 is 0 Å². The minimum absolute atomic E-state index is 0.0903. The third-order valence-corrected chi connectivity index (χ3v) is 4.21. The van der Waals surface area contributed by atoms with E-state index in [1.807, 2.05) is 57.2 Å². The fourth-order valence-electron chi connectivity index (χ4n) is 2.44. The second-order valence-corrected chi connectivity index (χ2v) is 6.02. The summed E-state index contributed by atoms with van der Waals surface area (Å²) in [5.41, 5.74) is 3.26. The molecule has 1 unspecified atom stereocenters. The molecule has 0 aliphatic rings. The van der Waals surface area contributed by atoms with Crippen molar-refractivity contribution in [1.29, 1.82) is 0 Å². The highest BCUT2D eigenvalue weighted by atomic mass is 16.5. The number of benzene rings is 2. The predicted molar refractivity (Wildman–Crippen MR) is 101 cm³/mol. The molecular weight excluding hydrogens is 332 g/mol. The minimum atomic E-state index is -0.309. The van der Waals surface area contributed by atoms with Gasteiger partial charge >= 0.3 is 6.03 Å². The average molecular weight is 358 g/mol. The smallest absolute Gasteiger partial charge is 0.317 e. The molecule has 0 bridgehead atoms. The van der Waals surface area contributed by atoms with Crippen molar-refractivity contribution in [3.63, 3.8) is 0 Å². The van der Waals surface area contributed by atoms with E-state index in [-0.39, 0.29) is 18.8 Å². The Hall–Kier alpha value is -2.89. The van der Waals surface area contributed by atoms with E-state index in [1.165, 1.54) is 5.56 Å². The highest BCUT2D eigenvalue weighted by molar-refractivity contribution is 5.74. The first kappa shape index (κ1) is 19.4. The molecule has 0 saturated carbocycles. The van der Waals surface area contributed by atoms with Gasteiger partial charge in [-0.05, 0) is 61.7 Å². The van der Waals surface area contributed by atoms with E-state index in [1.54, 1.807) is 14.2 Å². The van der Waals surface area contributed by atoms with E-state index in [9.17, 15) is 4.79 Å². The van der Waals surface area contributed by atoms with Crippen LogP contribution in [-0.2, 0) is 0 Å². The van der Waals surface area contributed by atoms with Crippen LogP contribution in [0, 0.1) is 13.8 Å². The zero-order chi connectivity index (χ0) is 19.1. The van der Waals surface area contributed by atoms with Crippen LogP contribution in [0.4, 0.5) is 4.79 Å². The SMILES string of the molecule is COc1ccc(C(C)NC(=O)NCOc2ccc(C)c(C)c2)cc1OC. The summed E-state index contributed by atoms with van der Waals surface area (Å²) >= 11 is 0. The van der Waals surface area contributed by atoms with Crippen molar-refractivity contribution in [2.24, 2.45) is 0 Å². The molecule has 0 radical (unpaired) electrons. The van der Waals surface area contributed by atoms with Gasteiger partial charge in [0.25, 0.3) is 0 Å². The number of amides is 2. The number of carbonyl (C=O) groups excluding carboxylic acids is 1. The summed E-state index contributed by atoms with van der Waals surface area (Å²) < 4.78 is 16.1. The van der Waals surface area contributed by atoms with E-state index in [0.717, 1.165) is 16.9 Å². The predicted octanol–water partition coefficient (Wildman–Crippen LogP) is 3.72. The number of nitrogens with one attached hydrogen (secondary N) is 2. The Morgan fingerprint density at radius 1 is 1.00 bits per heavy atom. The van der Waals surface area contributed by atoms with Gasteiger partial charge in [-0.15, -0.1) is 0 Å². The zero-order valence-corrected chi connectivity index (χ0v) is 15.9. The molecule has 26 heavy (non-hydrogen) atoms. The lowest BCUT2D eigenvalue weighted by atomic mass is 10.1. The first-order valence-corrected chi connectivity index (χ1v) is 8.41. The Kier molecular flexibility index (Phi) is 6.72. The minimum Gasteiger partial charge on any atom is -0.493 e. The van der Waals surface area contributed by atoms with Gasteiger partial charge in [-0.3, -0.25) is 0 Å². The number of carbonyl (C=O) groups is 1. The van der Waals surface area contributed by atoms with Crippen LogP contribution < -0.4 is 24.8 Å². The second-order valence-electron chi connectivity index (χ2n) is 6.02. The molecule has 6 nitrogen and oxygen atoms in total. The van der Waals surface area contributed by atoms with Gasteiger partial charge in [-0.2, -0.15) is 0 Å². The summed E-state index contributed by atoms with van der Waals surface area (Å²) in [5, 5.41) is 5.55. The number of hydrogen-bond donors (Lipinski definition) is 2.